The summed E-state index contributed by atoms with van der Waals surface area (Å²) in [6.45, 7) is 2.66. The maximum Gasteiger partial charge on any atom is 0.262 e. The molecule has 1 amide bonds. The van der Waals surface area contributed by atoms with Gasteiger partial charge in [0.25, 0.3) is 5.56 Å². The zero-order valence-corrected chi connectivity index (χ0v) is 20.1. The Balaban J connectivity index is 1.36. The van der Waals surface area contributed by atoms with Crippen LogP contribution in [0, 0.1) is 0 Å². The maximum atomic E-state index is 13.4. The smallest absolute Gasteiger partial charge is 0.262 e. The predicted octanol–water partition coefficient (Wildman–Crippen LogP) is 4.53. The third-order valence-corrected chi connectivity index (χ3v) is 6.74. The Bertz CT molecular complexity index is 1420. The van der Waals surface area contributed by atoms with Crippen molar-refractivity contribution >= 4 is 34.3 Å². The third kappa shape index (κ3) is 5.17. The van der Waals surface area contributed by atoms with E-state index in [9.17, 15) is 9.59 Å². The summed E-state index contributed by atoms with van der Waals surface area (Å²) in [5.74, 6) is 1.28. The van der Waals surface area contributed by atoms with Crippen LogP contribution in [0.3, 0.4) is 0 Å². The lowest BCUT2D eigenvalue weighted by Gasteiger charge is -2.27. The van der Waals surface area contributed by atoms with Gasteiger partial charge >= 0.3 is 0 Å². The van der Waals surface area contributed by atoms with Crippen molar-refractivity contribution in [1.82, 2.24) is 9.55 Å². The number of hydrogen-bond acceptors (Lipinski definition) is 6. The molecule has 0 bridgehead atoms. The molecule has 4 aromatic rings. The standard InChI is InChI=1S/C27H25N3O4S/c1-2-18-11-13-19(14-12-18)28-25(31)17-35-27-29-22-8-4-3-7-21(22)26(32)30(27)15-20-16-33-23-9-5-6-10-24(23)34-20/h3-14,20H,2,15-17H2,1H3,(H,28,31)/t20-/m1/s1. The molecule has 0 unspecified atom stereocenters. The molecule has 1 aliphatic rings. The molecule has 8 heteroatoms. The number of ether oxygens (including phenoxy) is 2. The number of nitrogens with zero attached hydrogens (tertiary/aromatic N) is 2. The Hall–Kier alpha value is -3.78. The molecule has 7 nitrogen and oxygen atoms in total. The number of amides is 1. The number of benzene rings is 3. The highest BCUT2D eigenvalue weighted by atomic mass is 32.2. The summed E-state index contributed by atoms with van der Waals surface area (Å²) in [4.78, 5) is 30.7. The highest BCUT2D eigenvalue weighted by molar-refractivity contribution is 7.99. The predicted molar refractivity (Wildman–Crippen MR) is 138 cm³/mol. The van der Waals surface area contributed by atoms with E-state index < -0.39 is 0 Å². The summed E-state index contributed by atoms with van der Waals surface area (Å²) in [5.41, 5.74) is 2.37. The van der Waals surface area contributed by atoms with E-state index in [1.54, 1.807) is 16.7 Å². The Morgan fingerprint density at radius 2 is 1.80 bits per heavy atom. The first-order valence-electron chi connectivity index (χ1n) is 11.5. The molecule has 0 aliphatic carbocycles. The summed E-state index contributed by atoms with van der Waals surface area (Å²) in [6.07, 6.45) is 0.576. The van der Waals surface area contributed by atoms with Crippen molar-refractivity contribution in [2.75, 3.05) is 17.7 Å². The van der Waals surface area contributed by atoms with E-state index in [-0.39, 0.29) is 29.9 Å². The summed E-state index contributed by atoms with van der Waals surface area (Å²) in [7, 11) is 0. The Kier molecular flexibility index (Phi) is 6.72. The van der Waals surface area contributed by atoms with Gasteiger partial charge in [0.2, 0.25) is 5.91 Å². The van der Waals surface area contributed by atoms with Crippen molar-refractivity contribution in [3.05, 3.63) is 88.7 Å². The number of carbonyl (C=O) groups is 1. The Labute approximate surface area is 207 Å². The van der Waals surface area contributed by atoms with Crippen LogP contribution >= 0.6 is 11.8 Å². The fourth-order valence-corrected chi connectivity index (χ4v) is 4.74. The highest BCUT2D eigenvalue weighted by Crippen LogP contribution is 2.31. The number of nitrogens with one attached hydrogen (secondary N) is 1. The summed E-state index contributed by atoms with van der Waals surface area (Å²) in [6, 6.07) is 22.5. The second kappa shape index (κ2) is 10.2. The summed E-state index contributed by atoms with van der Waals surface area (Å²) in [5, 5.41) is 3.90. The van der Waals surface area contributed by atoms with E-state index in [4.69, 9.17) is 14.5 Å². The monoisotopic (exact) mass is 487 g/mol. The van der Waals surface area contributed by atoms with E-state index in [1.807, 2.05) is 60.7 Å². The average molecular weight is 488 g/mol. The van der Waals surface area contributed by atoms with Gasteiger partial charge < -0.3 is 14.8 Å². The van der Waals surface area contributed by atoms with E-state index in [0.717, 1.165) is 12.1 Å². The molecular weight excluding hydrogens is 462 g/mol. The minimum absolute atomic E-state index is 0.116. The van der Waals surface area contributed by atoms with E-state index >= 15 is 0 Å². The minimum atomic E-state index is -0.365. The van der Waals surface area contributed by atoms with Crippen molar-refractivity contribution < 1.29 is 14.3 Å². The molecule has 2 heterocycles. The molecule has 178 valence electrons. The fraction of sp³-hybridized carbons (Fsp3) is 0.222. The molecule has 0 fully saturated rings. The molecule has 1 aliphatic heterocycles. The number of para-hydroxylation sites is 3. The first-order chi connectivity index (χ1) is 17.1. The number of fused-ring (bicyclic) bond motifs is 2. The molecular formula is C27H25N3O4S. The fourth-order valence-electron chi connectivity index (χ4n) is 3.93. The van der Waals surface area contributed by atoms with Gasteiger partial charge in [-0.3, -0.25) is 14.2 Å². The summed E-state index contributed by atoms with van der Waals surface area (Å²) < 4.78 is 13.5. The number of thioether (sulfide) groups is 1. The van der Waals surface area contributed by atoms with E-state index in [2.05, 4.69) is 12.2 Å². The molecule has 1 atom stereocenters. The van der Waals surface area contributed by atoms with Crippen LogP contribution in [-0.4, -0.2) is 33.9 Å². The zero-order chi connectivity index (χ0) is 24.2. The van der Waals surface area contributed by atoms with Crippen LogP contribution in [0.2, 0.25) is 0 Å². The van der Waals surface area contributed by atoms with Crippen molar-refractivity contribution in [1.29, 1.82) is 0 Å². The first kappa shape index (κ1) is 23.0. The van der Waals surface area contributed by atoms with Gasteiger partial charge in [0.1, 0.15) is 6.61 Å². The zero-order valence-electron chi connectivity index (χ0n) is 19.3. The van der Waals surface area contributed by atoms with Gasteiger partial charge in [-0.05, 0) is 48.4 Å². The van der Waals surface area contributed by atoms with E-state index in [0.29, 0.717) is 34.2 Å². The second-order valence-electron chi connectivity index (χ2n) is 8.21. The number of aryl methyl sites for hydroxylation is 1. The van der Waals surface area contributed by atoms with Crippen LogP contribution < -0.4 is 20.3 Å². The minimum Gasteiger partial charge on any atom is -0.486 e. The lowest BCUT2D eigenvalue weighted by Crippen LogP contribution is -2.37. The number of hydrogen-bond donors (Lipinski definition) is 1. The molecule has 0 spiro atoms. The molecule has 1 N–H and O–H groups in total. The molecule has 0 saturated heterocycles. The van der Waals surface area contributed by atoms with Crippen LogP contribution in [-0.2, 0) is 17.8 Å². The van der Waals surface area contributed by atoms with Gasteiger partial charge in [-0.2, -0.15) is 0 Å². The number of anilines is 1. The number of rotatable bonds is 7. The van der Waals surface area contributed by atoms with E-state index in [1.165, 1.54) is 17.3 Å². The van der Waals surface area contributed by atoms with Gasteiger partial charge in [0.15, 0.2) is 22.8 Å². The number of aromatic nitrogens is 2. The average Bonchev–Trinajstić information content (AvgIpc) is 2.89. The second-order valence-corrected chi connectivity index (χ2v) is 9.15. The van der Waals surface area contributed by atoms with Gasteiger partial charge in [-0.25, -0.2) is 4.98 Å². The third-order valence-electron chi connectivity index (χ3n) is 5.76. The van der Waals surface area contributed by atoms with Crippen molar-refractivity contribution in [3.63, 3.8) is 0 Å². The molecule has 1 aromatic heterocycles. The molecule has 0 saturated carbocycles. The largest absolute Gasteiger partial charge is 0.486 e. The van der Waals surface area contributed by atoms with Crippen molar-refractivity contribution in [2.24, 2.45) is 0 Å². The Morgan fingerprint density at radius 1 is 1.06 bits per heavy atom. The van der Waals surface area contributed by atoms with Crippen LogP contribution in [0.15, 0.2) is 82.7 Å². The van der Waals surface area contributed by atoms with Crippen molar-refractivity contribution in [3.8, 4) is 11.5 Å². The molecule has 0 radical (unpaired) electrons. The van der Waals surface area contributed by atoms with Crippen LogP contribution in [0.1, 0.15) is 12.5 Å². The number of carbonyl (C=O) groups excluding carboxylic acids is 1. The van der Waals surface area contributed by atoms with Gasteiger partial charge in [0, 0.05) is 5.69 Å². The normalized spacial score (nSPS) is 14.6. The first-order valence-corrected chi connectivity index (χ1v) is 12.5. The van der Waals surface area contributed by atoms with Gasteiger partial charge in [-0.15, -0.1) is 0 Å². The lowest BCUT2D eigenvalue weighted by atomic mass is 10.1. The van der Waals surface area contributed by atoms with Gasteiger partial charge in [0.05, 0.1) is 23.2 Å². The van der Waals surface area contributed by atoms with Crippen molar-refractivity contribution in [2.45, 2.75) is 31.1 Å². The Morgan fingerprint density at radius 3 is 2.60 bits per heavy atom. The van der Waals surface area contributed by atoms with Crippen LogP contribution in [0.25, 0.3) is 10.9 Å². The van der Waals surface area contributed by atoms with Crippen LogP contribution in [0.4, 0.5) is 5.69 Å². The molecule has 35 heavy (non-hydrogen) atoms. The molecule has 3 aromatic carbocycles. The lowest BCUT2D eigenvalue weighted by molar-refractivity contribution is -0.113. The quantitative estimate of drug-likeness (QED) is 0.305. The highest BCUT2D eigenvalue weighted by Gasteiger charge is 2.24. The van der Waals surface area contributed by atoms with Gasteiger partial charge in [-0.1, -0.05) is 55.1 Å². The topological polar surface area (TPSA) is 82.5 Å². The SMILES string of the molecule is CCc1ccc(NC(=O)CSc2nc3ccccc3c(=O)n2C[C@@H]2COc3ccccc3O2)cc1. The van der Waals surface area contributed by atoms with Crippen LogP contribution in [0.5, 0.6) is 11.5 Å². The maximum absolute atomic E-state index is 13.4. The molecule has 5 rings (SSSR count). The summed E-state index contributed by atoms with van der Waals surface area (Å²) >= 11 is 1.23.